The van der Waals surface area contributed by atoms with Crippen LogP contribution in [0.2, 0.25) is 0 Å². The van der Waals surface area contributed by atoms with Gasteiger partial charge in [0.05, 0.1) is 24.4 Å². The summed E-state index contributed by atoms with van der Waals surface area (Å²) < 4.78 is 28.6. The second-order valence-corrected chi connectivity index (χ2v) is 10.9. The van der Waals surface area contributed by atoms with Gasteiger partial charge < -0.3 is 0 Å². The van der Waals surface area contributed by atoms with Crippen molar-refractivity contribution in [2.75, 3.05) is 0 Å². The quantitative estimate of drug-likeness (QED) is 0.471. The molecule has 1 aliphatic carbocycles. The smallest absolute Gasteiger partial charge is 0.282 e. The molecule has 124 valence electrons. The van der Waals surface area contributed by atoms with Gasteiger partial charge in [0, 0.05) is 0 Å². The number of alkyl halides is 2. The molecule has 0 saturated carbocycles. The normalized spacial score (nSPS) is 27.7. The van der Waals surface area contributed by atoms with Crippen LogP contribution in [0.25, 0.3) is 0 Å². The van der Waals surface area contributed by atoms with Crippen LogP contribution in [-0.4, -0.2) is 29.1 Å². The van der Waals surface area contributed by atoms with E-state index in [0.717, 1.165) is 5.56 Å². The first kappa shape index (κ1) is 19.5. The predicted octanol–water partition coefficient (Wildman–Crippen LogP) is 4.63. The molecule has 1 aromatic carbocycles. The molecule has 0 saturated heterocycles. The lowest BCUT2D eigenvalue weighted by molar-refractivity contribution is -0.116. The van der Waals surface area contributed by atoms with Crippen LogP contribution in [0.1, 0.15) is 12.5 Å². The van der Waals surface area contributed by atoms with E-state index < -0.39 is 19.2 Å². The summed E-state index contributed by atoms with van der Waals surface area (Å²) in [5.41, 5.74) is 1.17. The van der Waals surface area contributed by atoms with Gasteiger partial charge in [-0.2, -0.15) is 12.8 Å². The summed E-state index contributed by atoms with van der Waals surface area (Å²) in [6.07, 6.45) is 0. The molecule has 0 aliphatic heterocycles. The van der Waals surface area contributed by atoms with Crippen molar-refractivity contribution in [3.8, 4) is 0 Å². The second kappa shape index (κ2) is 6.82. The number of halogens is 4. The highest BCUT2D eigenvalue weighted by molar-refractivity contribution is 9.15. The van der Waals surface area contributed by atoms with E-state index in [2.05, 4.69) is 68.1 Å². The number of rotatable bonds is 2. The van der Waals surface area contributed by atoms with Crippen LogP contribution < -0.4 is 0 Å². The molecule has 0 N–H and O–H groups in total. The maximum absolute atomic E-state index is 12.5. The van der Waals surface area contributed by atoms with Gasteiger partial charge in [-0.1, -0.05) is 49.6 Å². The molecular formula is C14H11Br4NO3S. The van der Waals surface area contributed by atoms with E-state index in [0.29, 0.717) is 4.48 Å². The fourth-order valence-electron chi connectivity index (χ4n) is 1.89. The van der Waals surface area contributed by atoms with E-state index >= 15 is 0 Å². The SMILES string of the molecule is Cc1ccc(S(=O)(=O)N=C2C(Br)=C(Br)C(=O)[C@@](C)(Br)[C@H]2Br)cc1. The minimum atomic E-state index is -3.89. The van der Waals surface area contributed by atoms with Gasteiger partial charge in [-0.3, -0.25) is 4.79 Å². The van der Waals surface area contributed by atoms with Gasteiger partial charge in [0.15, 0.2) is 5.78 Å². The maximum atomic E-state index is 12.5. The predicted molar refractivity (Wildman–Crippen MR) is 106 cm³/mol. The molecule has 0 amide bonds. The third-order valence-electron chi connectivity index (χ3n) is 3.31. The first-order chi connectivity index (χ1) is 10.5. The van der Waals surface area contributed by atoms with Crippen LogP contribution in [0.3, 0.4) is 0 Å². The number of sulfonamides is 1. The number of carbonyl (C=O) groups is 1. The summed E-state index contributed by atoms with van der Waals surface area (Å²) in [7, 11) is -3.89. The Morgan fingerprint density at radius 2 is 1.65 bits per heavy atom. The highest BCUT2D eigenvalue weighted by Gasteiger charge is 2.47. The van der Waals surface area contributed by atoms with E-state index in [4.69, 9.17) is 0 Å². The Morgan fingerprint density at radius 1 is 1.13 bits per heavy atom. The zero-order valence-corrected chi connectivity index (χ0v) is 19.1. The number of hydrogen-bond acceptors (Lipinski definition) is 3. The maximum Gasteiger partial charge on any atom is 0.282 e. The molecule has 2 rings (SSSR count). The molecule has 0 unspecified atom stereocenters. The van der Waals surface area contributed by atoms with E-state index in [1.165, 1.54) is 12.1 Å². The van der Waals surface area contributed by atoms with Crippen molar-refractivity contribution in [3.63, 3.8) is 0 Å². The minimum Gasteiger partial charge on any atom is -0.292 e. The van der Waals surface area contributed by atoms with Crippen molar-refractivity contribution in [2.45, 2.75) is 27.9 Å². The van der Waals surface area contributed by atoms with E-state index in [9.17, 15) is 13.2 Å². The average Bonchev–Trinajstić information content (AvgIpc) is 2.49. The number of allylic oxidation sites excluding steroid dienone is 2. The summed E-state index contributed by atoms with van der Waals surface area (Å²) in [4.78, 5) is 11.8. The Kier molecular flexibility index (Phi) is 5.78. The third-order valence-corrected chi connectivity index (χ3v) is 9.49. The Hall–Kier alpha value is 0.170. The molecule has 1 aromatic rings. The number of ketones is 1. The molecule has 9 heteroatoms. The van der Waals surface area contributed by atoms with Crippen molar-refractivity contribution in [1.82, 2.24) is 0 Å². The van der Waals surface area contributed by atoms with Crippen LogP contribution in [0.15, 0.2) is 42.5 Å². The molecule has 0 aromatic heterocycles. The van der Waals surface area contributed by atoms with Crippen LogP contribution in [0.4, 0.5) is 0 Å². The molecule has 0 fully saturated rings. The third kappa shape index (κ3) is 3.73. The molecule has 23 heavy (non-hydrogen) atoms. The first-order valence-electron chi connectivity index (χ1n) is 6.33. The Labute approximate surface area is 168 Å². The molecule has 4 nitrogen and oxygen atoms in total. The van der Waals surface area contributed by atoms with Gasteiger partial charge in [-0.25, -0.2) is 0 Å². The average molecular weight is 593 g/mol. The number of aryl methyl sites for hydroxylation is 1. The van der Waals surface area contributed by atoms with Gasteiger partial charge in [-0.05, 0) is 57.8 Å². The van der Waals surface area contributed by atoms with E-state index in [1.807, 2.05) is 6.92 Å². The largest absolute Gasteiger partial charge is 0.292 e. The number of benzene rings is 1. The van der Waals surface area contributed by atoms with E-state index in [1.54, 1.807) is 19.1 Å². The van der Waals surface area contributed by atoms with Crippen LogP contribution in [0, 0.1) is 6.92 Å². The standard InChI is InChI=1S/C14H11Br4NO3S/c1-7-3-5-8(6-4-7)23(21,22)19-11-9(15)10(16)13(20)14(2,18)12(11)17/h3-6,12H,1-2H3/t12-,14-/m0/s1. The summed E-state index contributed by atoms with van der Waals surface area (Å²) in [6, 6.07) is 6.43. The number of Topliss-reactive ketones (excluding diaryl/α,β-unsaturated/α-hetero) is 1. The summed E-state index contributed by atoms with van der Waals surface area (Å²) >= 11 is 13.2. The number of hydrogen-bond donors (Lipinski definition) is 0. The van der Waals surface area contributed by atoms with Crippen molar-refractivity contribution in [3.05, 3.63) is 38.8 Å². The highest BCUT2D eigenvalue weighted by atomic mass is 79.9. The van der Waals surface area contributed by atoms with Gasteiger partial charge in [0.25, 0.3) is 10.0 Å². The lowest BCUT2D eigenvalue weighted by Gasteiger charge is -2.32. The van der Waals surface area contributed by atoms with Gasteiger partial charge in [0.1, 0.15) is 4.32 Å². The Bertz CT molecular complexity index is 826. The zero-order valence-electron chi connectivity index (χ0n) is 12.0. The number of nitrogens with zero attached hydrogens (tertiary/aromatic N) is 1. The second-order valence-electron chi connectivity index (χ2n) is 5.16. The summed E-state index contributed by atoms with van der Waals surface area (Å²) in [5, 5.41) is 0. The van der Waals surface area contributed by atoms with Crippen molar-refractivity contribution < 1.29 is 13.2 Å². The first-order valence-corrected chi connectivity index (χ1v) is 11.1. The van der Waals surface area contributed by atoms with Gasteiger partial charge >= 0.3 is 0 Å². The molecule has 1 aliphatic rings. The van der Waals surface area contributed by atoms with Crippen molar-refractivity contribution >= 4 is 85.2 Å². The summed E-state index contributed by atoms with van der Waals surface area (Å²) in [5.74, 6) is -0.210. The fraction of sp³-hybridized carbons (Fsp3) is 0.286. The minimum absolute atomic E-state index is 0.0971. The van der Waals surface area contributed by atoms with E-state index in [-0.39, 0.29) is 20.9 Å². The Morgan fingerprint density at radius 3 is 2.17 bits per heavy atom. The monoisotopic (exact) mass is 589 g/mol. The van der Waals surface area contributed by atoms with Gasteiger partial charge in [0.2, 0.25) is 0 Å². The molecule has 0 spiro atoms. The highest BCUT2D eigenvalue weighted by Crippen LogP contribution is 2.43. The molecule has 0 radical (unpaired) electrons. The Balaban J connectivity index is 2.61. The number of carbonyl (C=O) groups excluding carboxylic acids is 1. The molecule has 0 heterocycles. The molecule has 2 atom stereocenters. The fourth-order valence-corrected chi connectivity index (χ4v) is 5.82. The van der Waals surface area contributed by atoms with Crippen LogP contribution in [-0.2, 0) is 14.8 Å². The van der Waals surface area contributed by atoms with Crippen molar-refractivity contribution in [2.24, 2.45) is 4.40 Å². The lowest BCUT2D eigenvalue weighted by Crippen LogP contribution is -2.46. The molecule has 0 bridgehead atoms. The van der Waals surface area contributed by atoms with Gasteiger partial charge in [-0.15, -0.1) is 0 Å². The zero-order chi connectivity index (χ0) is 17.6. The summed E-state index contributed by atoms with van der Waals surface area (Å²) in [6.45, 7) is 3.53. The van der Waals surface area contributed by atoms with Crippen molar-refractivity contribution in [1.29, 1.82) is 0 Å². The van der Waals surface area contributed by atoms with Crippen LogP contribution in [0.5, 0.6) is 0 Å². The topological polar surface area (TPSA) is 63.6 Å². The molecular weight excluding hydrogens is 582 g/mol. The van der Waals surface area contributed by atoms with Crippen LogP contribution >= 0.6 is 63.7 Å². The lowest BCUT2D eigenvalue weighted by atomic mass is 9.93.